The maximum atomic E-state index is 14.4. The van der Waals surface area contributed by atoms with Crippen LogP contribution < -0.4 is 16.4 Å². The number of benzene rings is 3. The van der Waals surface area contributed by atoms with Gasteiger partial charge in [0.2, 0.25) is 0 Å². The predicted molar refractivity (Wildman–Crippen MR) is 130 cm³/mol. The Morgan fingerprint density at radius 3 is 1.00 bits per heavy atom. The van der Waals surface area contributed by atoms with Crippen molar-refractivity contribution in [2.24, 2.45) is 0 Å². The second kappa shape index (κ2) is 11.8. The van der Waals surface area contributed by atoms with E-state index in [4.69, 9.17) is 4.65 Å². The minimum Gasteiger partial charge on any atom is -0.577 e. The first kappa shape index (κ1) is 37.9. The van der Waals surface area contributed by atoms with Crippen molar-refractivity contribution < 1.29 is 83.7 Å². The Balaban J connectivity index is 2.90. The summed E-state index contributed by atoms with van der Waals surface area (Å²) in [5, 5.41) is 0. The fourth-order valence-corrected chi connectivity index (χ4v) is 5.04. The van der Waals surface area contributed by atoms with Gasteiger partial charge in [0.25, 0.3) is 0 Å². The Morgan fingerprint density at radius 2 is 0.745 bits per heavy atom. The summed E-state index contributed by atoms with van der Waals surface area (Å²) in [7, 11) is 0. The molecule has 0 unspecified atom stereocenters. The van der Waals surface area contributed by atoms with Crippen molar-refractivity contribution in [3.05, 3.63) is 88.0 Å². The molecule has 0 aliphatic heterocycles. The molecule has 20 heteroatoms. The average Bonchev–Trinajstić information content (AvgIpc) is 2.87. The highest BCUT2D eigenvalue weighted by Crippen LogP contribution is 2.40. The van der Waals surface area contributed by atoms with Gasteiger partial charge in [-0.2, -0.15) is 95.4 Å². The zero-order valence-corrected chi connectivity index (χ0v) is 23.1. The van der Waals surface area contributed by atoms with E-state index in [1.807, 2.05) is 0 Å². The lowest BCUT2D eigenvalue weighted by Crippen LogP contribution is -2.72. The molecule has 0 saturated carbocycles. The number of hydrogen-bond acceptors (Lipinski definition) is 1. The molecule has 0 heterocycles. The lowest BCUT2D eigenvalue weighted by atomic mass is 9.26. The van der Waals surface area contributed by atoms with Crippen LogP contribution >= 0.6 is 0 Å². The van der Waals surface area contributed by atoms with Gasteiger partial charge in [-0.25, -0.2) is 0 Å². The highest BCUT2D eigenvalue weighted by molar-refractivity contribution is 7.07. The van der Waals surface area contributed by atoms with E-state index < -0.39 is 130 Å². The molecule has 1 nitrogen and oxygen atoms in total. The van der Waals surface area contributed by atoms with E-state index in [2.05, 4.69) is 0 Å². The van der Waals surface area contributed by atoms with Gasteiger partial charge in [0.15, 0.2) is 6.35 Å². The van der Waals surface area contributed by atoms with Crippen molar-refractivity contribution >= 4 is 22.7 Å². The topological polar surface area (TPSA) is 9.23 Å². The van der Waals surface area contributed by atoms with E-state index >= 15 is 0 Å². The smallest absolute Gasteiger partial charge is 0.416 e. The molecule has 0 aliphatic carbocycles. The summed E-state index contributed by atoms with van der Waals surface area (Å²) in [5.74, 6) is 0. The van der Waals surface area contributed by atoms with E-state index in [0.717, 1.165) is 13.8 Å². The van der Waals surface area contributed by atoms with Gasteiger partial charge in [-0.1, -0.05) is 36.4 Å². The molecular formula is C27H16BF18O-. The maximum Gasteiger partial charge on any atom is 0.416 e. The highest BCUT2D eigenvalue weighted by atomic mass is 19.4. The Kier molecular flexibility index (Phi) is 9.54. The Morgan fingerprint density at radius 1 is 0.426 bits per heavy atom. The summed E-state index contributed by atoms with van der Waals surface area (Å²) in [6.07, 6.45) is -42.0. The molecule has 3 aromatic carbocycles. The monoisotopic (exact) mass is 709 g/mol. The van der Waals surface area contributed by atoms with Gasteiger partial charge in [0, 0.05) is 17.2 Å². The summed E-state index contributed by atoms with van der Waals surface area (Å²) >= 11 is 0. The fourth-order valence-electron chi connectivity index (χ4n) is 5.04. The standard InChI is InChI=1S/C27H16BF18O/c1-12(2)47-28(17-8-15(24(35,36)37)7-16(9-17)25(38,39)40,20-10-13(22(29,30)31)3-5-18(20)26(41,42)43)21-11-14(23(32,33)34)4-6-19(21)27(44,45)46/h3-12H,1-2H3/q-1. The van der Waals surface area contributed by atoms with E-state index in [1.165, 1.54) is 0 Å². The van der Waals surface area contributed by atoms with Crippen molar-refractivity contribution in [1.29, 1.82) is 0 Å². The summed E-state index contributed by atoms with van der Waals surface area (Å²) in [5.41, 5.74) is -19.8. The van der Waals surface area contributed by atoms with Crippen LogP contribution in [-0.4, -0.2) is 12.5 Å². The van der Waals surface area contributed by atoms with Gasteiger partial charge >= 0.3 is 37.1 Å². The van der Waals surface area contributed by atoms with Gasteiger partial charge in [-0.05, 0) is 32.0 Å². The fraction of sp³-hybridized carbons (Fsp3) is 0.333. The van der Waals surface area contributed by atoms with Crippen molar-refractivity contribution in [3.63, 3.8) is 0 Å². The van der Waals surface area contributed by atoms with Gasteiger partial charge in [0.1, 0.15) is 0 Å². The molecule has 3 aromatic rings. The zero-order valence-electron chi connectivity index (χ0n) is 23.1. The first-order valence-corrected chi connectivity index (χ1v) is 12.6. The molecule has 0 aromatic heterocycles. The largest absolute Gasteiger partial charge is 0.577 e. The van der Waals surface area contributed by atoms with Crippen LogP contribution in [0.5, 0.6) is 0 Å². The minimum atomic E-state index is -5.92. The van der Waals surface area contributed by atoms with Crippen LogP contribution in [0.25, 0.3) is 0 Å². The SMILES string of the molecule is CC(C)O[B-](c1cc(C(F)(F)F)cc(C(F)(F)F)c1)(c1cc(C(F)(F)F)ccc1C(F)(F)F)c1cc(C(F)(F)F)ccc1C(F)(F)F. The lowest BCUT2D eigenvalue weighted by Gasteiger charge is -2.48. The van der Waals surface area contributed by atoms with Crippen molar-refractivity contribution in [2.75, 3.05) is 0 Å². The molecule has 3 rings (SSSR count). The zero-order chi connectivity index (χ0) is 36.3. The number of halogens is 18. The van der Waals surface area contributed by atoms with Crippen molar-refractivity contribution in [1.82, 2.24) is 0 Å². The molecule has 260 valence electrons. The maximum absolute atomic E-state index is 14.4. The molecule has 0 N–H and O–H groups in total. The summed E-state index contributed by atoms with van der Waals surface area (Å²) in [6.45, 7) is 1.55. The van der Waals surface area contributed by atoms with E-state index in [0.29, 0.717) is 0 Å². The van der Waals surface area contributed by atoms with Gasteiger partial charge in [-0.15, -0.1) is 0 Å². The lowest BCUT2D eigenvalue weighted by molar-refractivity contribution is -0.143. The number of hydrogen-bond donors (Lipinski definition) is 0. The third-order valence-corrected chi connectivity index (χ3v) is 6.80. The average molecular weight is 709 g/mol. The Labute approximate surface area is 252 Å². The second-order valence-corrected chi connectivity index (χ2v) is 10.4. The summed E-state index contributed by atoms with van der Waals surface area (Å²) < 4.78 is 258. The third kappa shape index (κ3) is 7.94. The van der Waals surface area contributed by atoms with Crippen LogP contribution in [0, 0.1) is 0 Å². The Hall–Kier alpha value is -3.58. The molecular weight excluding hydrogens is 693 g/mol. The van der Waals surface area contributed by atoms with Gasteiger partial charge in [0.05, 0.1) is 22.3 Å². The quantitative estimate of drug-likeness (QED) is 0.190. The van der Waals surface area contributed by atoms with E-state index in [9.17, 15) is 79.0 Å². The second-order valence-electron chi connectivity index (χ2n) is 10.4. The minimum absolute atomic E-state index is 0.243. The molecule has 0 aliphatic rings. The Bertz CT molecular complexity index is 1500. The van der Waals surface area contributed by atoms with Crippen LogP contribution in [0.3, 0.4) is 0 Å². The first-order chi connectivity index (χ1) is 20.9. The van der Waals surface area contributed by atoms with E-state index in [1.54, 1.807) is 0 Å². The molecule has 0 fully saturated rings. The molecule has 47 heavy (non-hydrogen) atoms. The normalized spacial score (nSPS) is 14.2. The molecule has 0 atom stereocenters. The highest BCUT2D eigenvalue weighted by Gasteiger charge is 2.49. The van der Waals surface area contributed by atoms with Crippen LogP contribution in [0.15, 0.2) is 54.6 Å². The number of rotatable bonds is 5. The first-order valence-electron chi connectivity index (χ1n) is 12.6. The van der Waals surface area contributed by atoms with E-state index in [-0.39, 0.29) is 24.3 Å². The molecule has 0 saturated heterocycles. The van der Waals surface area contributed by atoms with Crippen molar-refractivity contribution in [2.45, 2.75) is 57.0 Å². The molecule has 0 bridgehead atoms. The molecule has 0 spiro atoms. The van der Waals surface area contributed by atoms with Crippen LogP contribution in [-0.2, 0) is 41.7 Å². The van der Waals surface area contributed by atoms with Gasteiger partial charge < -0.3 is 4.65 Å². The van der Waals surface area contributed by atoms with Crippen LogP contribution in [0.2, 0.25) is 0 Å². The molecule has 0 amide bonds. The predicted octanol–water partition coefficient (Wildman–Crippen LogP) is 9.19. The van der Waals surface area contributed by atoms with Crippen LogP contribution in [0.4, 0.5) is 79.0 Å². The molecule has 0 radical (unpaired) electrons. The van der Waals surface area contributed by atoms with Crippen LogP contribution in [0.1, 0.15) is 47.2 Å². The van der Waals surface area contributed by atoms with Gasteiger partial charge in [-0.3, -0.25) is 0 Å². The van der Waals surface area contributed by atoms with Crippen molar-refractivity contribution in [3.8, 4) is 0 Å². The summed E-state index contributed by atoms with van der Waals surface area (Å²) in [6, 6.07) is -3.74. The number of alkyl halides is 18. The summed E-state index contributed by atoms with van der Waals surface area (Å²) in [4.78, 5) is 0. The third-order valence-electron chi connectivity index (χ3n) is 6.80.